The first kappa shape index (κ1) is 75.8. The Morgan fingerprint density at radius 3 is 1.23 bits per heavy atom. The van der Waals surface area contributed by atoms with Crippen LogP contribution in [0.3, 0.4) is 0 Å². The number of halogens is 7. The van der Waals surface area contributed by atoms with Gasteiger partial charge in [0.25, 0.3) is 0 Å². The fraction of sp³-hybridized carbons (Fsp3) is 0.316. The molecule has 6 saturated heterocycles. The van der Waals surface area contributed by atoms with Gasteiger partial charge in [-0.05, 0) is 102 Å². The molecule has 0 aliphatic carbocycles. The number of benzene rings is 7. The number of likely N-dealkylation sites (tertiary alicyclic amines) is 3. The lowest BCUT2D eigenvalue weighted by atomic mass is 9.97. The maximum atomic E-state index is 14.1. The molecule has 111 heavy (non-hydrogen) atoms. The number of ether oxygens (including phenoxy) is 1. The van der Waals surface area contributed by atoms with Gasteiger partial charge >= 0.3 is 6.36 Å². The summed E-state index contributed by atoms with van der Waals surface area (Å²) in [5.41, 5.74) is 5.45. The molecule has 574 valence electrons. The van der Waals surface area contributed by atoms with E-state index in [9.17, 15) is 55.1 Å². The Bertz CT molecular complexity index is 5140. The zero-order chi connectivity index (χ0) is 77.3. The molecule has 7 aromatic carbocycles. The molecule has 25 nitrogen and oxygen atoms in total. The van der Waals surface area contributed by atoms with Crippen LogP contribution in [-0.4, -0.2) is 203 Å². The largest absolute Gasteiger partial charge is 0.573 e. The molecule has 9 heterocycles. The zero-order valence-electron chi connectivity index (χ0n) is 60.0. The summed E-state index contributed by atoms with van der Waals surface area (Å²) in [5.74, 6) is 1.01. The maximum Gasteiger partial charge on any atom is 0.573 e. The predicted molar refractivity (Wildman–Crippen MR) is 410 cm³/mol. The van der Waals surface area contributed by atoms with E-state index in [4.69, 9.17) is 4.98 Å². The second kappa shape index (κ2) is 33.9. The fourth-order valence-electron chi connectivity index (χ4n) is 14.4. The van der Waals surface area contributed by atoms with Crippen molar-refractivity contribution >= 4 is 119 Å². The van der Waals surface area contributed by atoms with Crippen LogP contribution < -0.4 is 51.3 Å². The van der Waals surface area contributed by atoms with E-state index >= 15 is 0 Å². The predicted octanol–water partition coefficient (Wildman–Crippen LogP) is 9.21. The molecule has 3 aromatic heterocycles. The molecule has 0 radical (unpaired) electrons. The van der Waals surface area contributed by atoms with Gasteiger partial charge < -0.3 is 66.0 Å². The lowest BCUT2D eigenvalue weighted by molar-refractivity contribution is -0.274. The summed E-state index contributed by atoms with van der Waals surface area (Å²) < 4.78 is 84.5. The molecule has 0 saturated carbocycles. The molecular weight excluding hydrogens is 1510 g/mol. The fourth-order valence-corrected chi connectivity index (χ4v) is 14.8. The standard InChI is InChI=1S/C31H28F4N6O3.C24H24BrFN6O2.C24H25FN6O2/c32-21-7-10-25-26(16-21)38-30(39-29(25)41-14-12-36-27(42)18-41)37-22-11-13-40(17-22)28(43)15-20-3-1-2-4-24(20)19-5-8-23(9-6-19)44-31(33,34)35;25-19-4-2-1-3-15(19)11-22(34)31-9-7-17(13-31)28-24-29-20-12-16(26)5-6-18(20)23(30-24)32-10-8-27-21(33)14-32;25-17-6-7-19-20(13-17)28-24(29-23(19)31-11-9-26-21(32)15-31)27-18-8-10-30(14-18)22(33)12-16-4-2-1-3-5-16/h1-10,16,22H,11-15,17-18H2,(H,36,42)(H,37,38,39);1-6,12,17H,7-11,13-14H2,(H,27,33)(H,28,29,30);1-7,13,18H,8-12,14-15H2,(H,26,32)(H,27,28,29)/t22-;17-;18-/m000/s1. The van der Waals surface area contributed by atoms with Crippen LogP contribution in [0.2, 0.25) is 0 Å². The van der Waals surface area contributed by atoms with Crippen molar-refractivity contribution in [3.05, 3.63) is 196 Å². The summed E-state index contributed by atoms with van der Waals surface area (Å²) >= 11 is 3.50. The van der Waals surface area contributed by atoms with Crippen molar-refractivity contribution in [2.45, 2.75) is 63.0 Å². The molecule has 0 spiro atoms. The first-order valence-electron chi connectivity index (χ1n) is 36.4. The number of carbonyl (C=O) groups excluding carboxylic acids is 6. The van der Waals surface area contributed by atoms with Crippen molar-refractivity contribution in [3.8, 4) is 16.9 Å². The van der Waals surface area contributed by atoms with Gasteiger partial charge in [-0.25, -0.2) is 28.1 Å². The number of piperazine rings is 3. The van der Waals surface area contributed by atoms with Crippen molar-refractivity contribution in [3.63, 3.8) is 0 Å². The number of nitrogens with zero attached hydrogens (tertiary/aromatic N) is 12. The van der Waals surface area contributed by atoms with Gasteiger partial charge in [0.1, 0.15) is 40.7 Å². The summed E-state index contributed by atoms with van der Waals surface area (Å²) in [6.07, 6.45) is -1.79. The van der Waals surface area contributed by atoms with Crippen LogP contribution >= 0.6 is 15.9 Å². The highest BCUT2D eigenvalue weighted by atomic mass is 79.9. The van der Waals surface area contributed by atoms with Gasteiger partial charge in [-0.3, -0.25) is 28.8 Å². The third kappa shape index (κ3) is 19.2. The summed E-state index contributed by atoms with van der Waals surface area (Å²) in [4.78, 5) is 113. The Balaban J connectivity index is 0.000000140. The van der Waals surface area contributed by atoms with E-state index in [0.717, 1.165) is 39.6 Å². The molecule has 16 rings (SSSR count). The molecule has 0 bridgehead atoms. The lowest BCUT2D eigenvalue weighted by Gasteiger charge is -2.29. The average Bonchev–Trinajstić information content (AvgIpc) is 1.19. The molecule has 6 N–H and O–H groups in total. The summed E-state index contributed by atoms with van der Waals surface area (Å²) in [6.45, 7) is 7.07. The quantitative estimate of drug-likeness (QED) is 0.0463. The average molecular weight is 1580 g/mol. The molecule has 0 unspecified atom stereocenters. The molecule has 10 aromatic rings. The number of fused-ring (bicyclic) bond motifs is 3. The van der Waals surface area contributed by atoms with Crippen LogP contribution in [0.5, 0.6) is 5.75 Å². The highest BCUT2D eigenvalue weighted by Gasteiger charge is 2.34. The van der Waals surface area contributed by atoms with Gasteiger partial charge in [0.15, 0.2) is 0 Å². The highest BCUT2D eigenvalue weighted by Crippen LogP contribution is 2.34. The van der Waals surface area contributed by atoms with Crippen molar-refractivity contribution < 1.29 is 59.8 Å². The lowest BCUT2D eigenvalue weighted by Crippen LogP contribution is -2.48. The number of alkyl halides is 3. The van der Waals surface area contributed by atoms with E-state index in [0.29, 0.717) is 165 Å². The minimum absolute atomic E-state index is 0.00626. The zero-order valence-corrected chi connectivity index (χ0v) is 61.5. The van der Waals surface area contributed by atoms with E-state index in [2.05, 4.69) is 77.5 Å². The number of anilines is 6. The normalized spacial score (nSPS) is 17.9. The number of aromatic nitrogens is 6. The van der Waals surface area contributed by atoms with Crippen molar-refractivity contribution in [1.29, 1.82) is 0 Å². The third-order valence-corrected chi connectivity index (χ3v) is 20.6. The van der Waals surface area contributed by atoms with Crippen LogP contribution in [0.1, 0.15) is 36.0 Å². The number of rotatable bonds is 17. The minimum atomic E-state index is -4.78. The number of amides is 6. The van der Waals surface area contributed by atoms with E-state index in [1.54, 1.807) is 29.2 Å². The maximum absolute atomic E-state index is 14.1. The van der Waals surface area contributed by atoms with Crippen molar-refractivity contribution in [2.75, 3.05) is 129 Å². The molecule has 6 aliphatic rings. The van der Waals surface area contributed by atoms with Gasteiger partial charge in [-0.1, -0.05) is 101 Å². The van der Waals surface area contributed by atoms with Crippen LogP contribution in [0, 0.1) is 17.5 Å². The second-order valence-corrected chi connectivity index (χ2v) is 28.5. The monoisotopic (exact) mass is 1580 g/mol. The third-order valence-electron chi connectivity index (χ3n) is 19.8. The van der Waals surface area contributed by atoms with E-state index in [-0.39, 0.29) is 103 Å². The summed E-state index contributed by atoms with van der Waals surface area (Å²) in [7, 11) is 0. The topological polar surface area (TPSA) is 281 Å². The van der Waals surface area contributed by atoms with Crippen molar-refractivity contribution in [2.24, 2.45) is 0 Å². The van der Waals surface area contributed by atoms with Gasteiger partial charge in [0.2, 0.25) is 53.3 Å². The molecule has 6 amide bonds. The van der Waals surface area contributed by atoms with Gasteiger partial charge in [0.05, 0.1) is 55.4 Å². The molecule has 32 heteroatoms. The Hall–Kier alpha value is -12.0. The Labute approximate surface area is 641 Å². The van der Waals surface area contributed by atoms with E-state index in [1.807, 2.05) is 97.3 Å². The van der Waals surface area contributed by atoms with Crippen molar-refractivity contribution in [1.82, 2.24) is 60.6 Å². The molecule has 3 atom stereocenters. The SMILES string of the molecule is O=C1CN(c2nc(N[C@H]3CCN(C(=O)Cc4ccccc4)C3)nc3cc(F)ccc23)CCN1.O=C1CN(c2nc(N[C@H]3CCN(C(=O)Cc4ccccc4-c4ccc(OC(F)(F)F)cc4)C3)nc3cc(F)ccc23)CCN1.O=C1CN(c2nc(N[C@H]3CCN(C(=O)Cc4ccccc4Br)C3)nc3cc(F)ccc23)CCN1. The second-order valence-electron chi connectivity index (χ2n) is 27.7. The number of carbonyl (C=O) groups is 6. The van der Waals surface area contributed by atoms with Crippen LogP contribution in [0.15, 0.2) is 162 Å². The number of nitrogens with one attached hydrogen (secondary N) is 6. The highest BCUT2D eigenvalue weighted by molar-refractivity contribution is 9.10. The first-order valence-corrected chi connectivity index (χ1v) is 37.2. The number of hydrogen-bond donors (Lipinski definition) is 6. The van der Waals surface area contributed by atoms with E-state index < -0.39 is 12.2 Å². The van der Waals surface area contributed by atoms with Gasteiger partial charge in [-0.2, -0.15) is 15.0 Å². The summed E-state index contributed by atoms with van der Waals surface area (Å²) in [6, 6.07) is 43.1. The van der Waals surface area contributed by atoms with Crippen LogP contribution in [0.25, 0.3) is 43.8 Å². The van der Waals surface area contributed by atoms with E-state index in [1.165, 1.54) is 60.7 Å². The molecular formula is C79H77BrF6N18O7. The van der Waals surface area contributed by atoms with Gasteiger partial charge in [0, 0.05) is 135 Å². The van der Waals surface area contributed by atoms with Gasteiger partial charge in [-0.15, -0.1) is 13.2 Å². The Morgan fingerprint density at radius 2 is 0.829 bits per heavy atom. The Kier molecular flexibility index (Phi) is 23.2. The molecule has 6 aliphatic heterocycles. The van der Waals surface area contributed by atoms with Crippen LogP contribution in [0.4, 0.5) is 61.6 Å². The minimum Gasteiger partial charge on any atom is -0.406 e. The summed E-state index contributed by atoms with van der Waals surface area (Å²) in [5, 5.41) is 20.4. The van der Waals surface area contributed by atoms with Crippen LogP contribution in [-0.2, 0) is 48.0 Å². The number of hydrogen-bond acceptors (Lipinski definition) is 19. The smallest absolute Gasteiger partial charge is 0.406 e. The molecule has 6 fully saturated rings. The first-order chi connectivity index (χ1) is 53.6. The Morgan fingerprint density at radius 1 is 0.450 bits per heavy atom.